The van der Waals surface area contributed by atoms with Crippen LogP contribution in [0.3, 0.4) is 0 Å². The molecule has 0 aromatic rings. The summed E-state index contributed by atoms with van der Waals surface area (Å²) in [4.78, 5) is 2.17. The van der Waals surface area contributed by atoms with Crippen molar-refractivity contribution < 1.29 is 8.42 Å². The molecule has 1 fully saturated rings. The maximum Gasteiger partial charge on any atom is 0.210 e. The van der Waals surface area contributed by atoms with Gasteiger partial charge < -0.3 is 4.90 Å². The molecule has 0 unspecified atom stereocenters. The molecular formula is C8H18N2O2S. The van der Waals surface area contributed by atoms with Crippen LogP contribution < -0.4 is 5.14 Å². The Labute approximate surface area is 80.1 Å². The molecule has 0 aliphatic carbocycles. The minimum absolute atomic E-state index is 0.0847. The topological polar surface area (TPSA) is 63.4 Å². The lowest BCUT2D eigenvalue weighted by molar-refractivity contribution is 0.202. The van der Waals surface area contributed by atoms with E-state index in [1.54, 1.807) is 0 Å². The monoisotopic (exact) mass is 206 g/mol. The van der Waals surface area contributed by atoms with Crippen molar-refractivity contribution >= 4 is 10.0 Å². The number of sulfonamides is 1. The van der Waals surface area contributed by atoms with Crippen LogP contribution in [0.5, 0.6) is 0 Å². The zero-order valence-electron chi connectivity index (χ0n) is 8.07. The van der Waals surface area contributed by atoms with Crippen molar-refractivity contribution in [3.63, 3.8) is 0 Å². The number of hydrogen-bond donors (Lipinski definition) is 1. The molecule has 1 aliphatic rings. The SMILES string of the molecule is CC1CCN(CCS(N)(=O)=O)CC1. The molecule has 0 aromatic heterocycles. The van der Waals surface area contributed by atoms with Crippen LogP contribution in [0.4, 0.5) is 0 Å². The van der Waals surface area contributed by atoms with Gasteiger partial charge in [-0.3, -0.25) is 0 Å². The molecule has 1 aliphatic heterocycles. The Morgan fingerprint density at radius 3 is 2.38 bits per heavy atom. The van der Waals surface area contributed by atoms with Crippen molar-refractivity contribution in [2.75, 3.05) is 25.4 Å². The minimum atomic E-state index is -3.28. The number of nitrogens with zero attached hydrogens (tertiary/aromatic N) is 1. The number of nitrogens with two attached hydrogens (primary N) is 1. The van der Waals surface area contributed by atoms with Gasteiger partial charge in [0.15, 0.2) is 0 Å². The average Bonchev–Trinajstić information content (AvgIpc) is 2.02. The van der Waals surface area contributed by atoms with E-state index in [2.05, 4.69) is 11.8 Å². The van der Waals surface area contributed by atoms with E-state index < -0.39 is 10.0 Å². The minimum Gasteiger partial charge on any atom is -0.302 e. The van der Waals surface area contributed by atoms with Crippen LogP contribution in [0.1, 0.15) is 19.8 Å². The first-order valence-electron chi connectivity index (χ1n) is 4.70. The molecule has 4 nitrogen and oxygen atoms in total. The van der Waals surface area contributed by atoms with Gasteiger partial charge in [0.05, 0.1) is 5.75 Å². The molecule has 0 atom stereocenters. The van der Waals surface area contributed by atoms with Gasteiger partial charge in [-0.05, 0) is 31.8 Å². The lowest BCUT2D eigenvalue weighted by Gasteiger charge is -2.29. The summed E-state index contributed by atoms with van der Waals surface area (Å²) >= 11 is 0. The van der Waals surface area contributed by atoms with Crippen LogP contribution in [0, 0.1) is 5.92 Å². The van der Waals surface area contributed by atoms with Crippen molar-refractivity contribution in [3.05, 3.63) is 0 Å². The maximum atomic E-state index is 10.7. The third-order valence-corrected chi connectivity index (χ3v) is 3.32. The van der Waals surface area contributed by atoms with Crippen LogP contribution >= 0.6 is 0 Å². The third kappa shape index (κ3) is 4.59. The van der Waals surface area contributed by atoms with Crippen LogP contribution in [0.25, 0.3) is 0 Å². The van der Waals surface area contributed by atoms with Crippen LogP contribution in [-0.2, 0) is 10.0 Å². The molecule has 0 bridgehead atoms. The van der Waals surface area contributed by atoms with E-state index in [4.69, 9.17) is 5.14 Å². The van der Waals surface area contributed by atoms with E-state index in [0.717, 1.165) is 19.0 Å². The summed E-state index contributed by atoms with van der Waals surface area (Å²) in [5, 5.41) is 4.93. The fraction of sp³-hybridized carbons (Fsp3) is 1.00. The lowest BCUT2D eigenvalue weighted by atomic mass is 9.99. The van der Waals surface area contributed by atoms with Gasteiger partial charge in [0.1, 0.15) is 0 Å². The predicted octanol–water partition coefficient (Wildman–Crippen LogP) is 0.00680. The first-order chi connectivity index (χ1) is 5.97. The van der Waals surface area contributed by atoms with Gasteiger partial charge in [-0.15, -0.1) is 0 Å². The Balaban J connectivity index is 2.24. The van der Waals surface area contributed by atoms with E-state index in [1.807, 2.05) is 0 Å². The summed E-state index contributed by atoms with van der Waals surface area (Å²) in [6.07, 6.45) is 2.34. The number of piperidine rings is 1. The molecule has 0 spiro atoms. The molecule has 1 saturated heterocycles. The van der Waals surface area contributed by atoms with Gasteiger partial charge in [0.25, 0.3) is 0 Å². The second kappa shape index (κ2) is 4.39. The Morgan fingerprint density at radius 2 is 1.92 bits per heavy atom. The molecule has 0 aromatic carbocycles. The van der Waals surface area contributed by atoms with Crippen molar-refractivity contribution in [1.29, 1.82) is 0 Å². The van der Waals surface area contributed by atoms with E-state index in [0.29, 0.717) is 6.54 Å². The molecule has 0 amide bonds. The summed E-state index contributed by atoms with van der Waals surface area (Å²) in [6, 6.07) is 0. The quantitative estimate of drug-likeness (QED) is 0.707. The zero-order chi connectivity index (χ0) is 9.90. The molecule has 13 heavy (non-hydrogen) atoms. The number of likely N-dealkylation sites (tertiary alicyclic amines) is 1. The molecule has 1 rings (SSSR count). The fourth-order valence-electron chi connectivity index (χ4n) is 1.54. The second-order valence-corrected chi connectivity index (χ2v) is 5.63. The molecule has 0 radical (unpaired) electrons. The first kappa shape index (κ1) is 10.9. The third-order valence-electron chi connectivity index (χ3n) is 2.57. The average molecular weight is 206 g/mol. The van der Waals surface area contributed by atoms with Crippen molar-refractivity contribution in [2.45, 2.75) is 19.8 Å². The lowest BCUT2D eigenvalue weighted by Crippen LogP contribution is -2.37. The molecule has 0 saturated carbocycles. The number of rotatable bonds is 3. The summed E-state index contributed by atoms with van der Waals surface area (Å²) in [5.41, 5.74) is 0. The normalized spacial score (nSPS) is 22.0. The van der Waals surface area contributed by atoms with Crippen molar-refractivity contribution in [1.82, 2.24) is 4.90 Å². The molecule has 2 N–H and O–H groups in total. The molecule has 1 heterocycles. The largest absolute Gasteiger partial charge is 0.302 e. The molecule has 5 heteroatoms. The standard InChI is InChI=1S/C8H18N2O2S/c1-8-2-4-10(5-3-8)6-7-13(9,11)12/h8H,2-7H2,1H3,(H2,9,11,12). The summed E-state index contributed by atoms with van der Waals surface area (Å²) in [5.74, 6) is 0.868. The van der Waals surface area contributed by atoms with E-state index in [1.165, 1.54) is 12.8 Å². The van der Waals surface area contributed by atoms with Crippen molar-refractivity contribution in [3.8, 4) is 0 Å². The van der Waals surface area contributed by atoms with Crippen molar-refractivity contribution in [2.24, 2.45) is 11.1 Å². The molecule has 78 valence electrons. The zero-order valence-corrected chi connectivity index (χ0v) is 8.89. The highest BCUT2D eigenvalue weighted by Crippen LogP contribution is 2.15. The van der Waals surface area contributed by atoms with E-state index in [9.17, 15) is 8.42 Å². The Morgan fingerprint density at radius 1 is 1.38 bits per heavy atom. The van der Waals surface area contributed by atoms with Gasteiger partial charge in [-0.2, -0.15) is 0 Å². The highest BCUT2D eigenvalue weighted by Gasteiger charge is 2.16. The van der Waals surface area contributed by atoms with Gasteiger partial charge in [-0.25, -0.2) is 13.6 Å². The Kier molecular flexibility index (Phi) is 3.70. The molecular weight excluding hydrogens is 188 g/mol. The Bertz CT molecular complexity index is 243. The summed E-state index contributed by atoms with van der Waals surface area (Å²) < 4.78 is 21.4. The number of primary sulfonamides is 1. The van der Waals surface area contributed by atoms with Crippen LogP contribution in [0.2, 0.25) is 0 Å². The van der Waals surface area contributed by atoms with Gasteiger partial charge >= 0.3 is 0 Å². The highest BCUT2D eigenvalue weighted by atomic mass is 32.2. The fourth-order valence-corrected chi connectivity index (χ4v) is 2.05. The van der Waals surface area contributed by atoms with Crippen LogP contribution in [0.15, 0.2) is 0 Å². The summed E-state index contributed by atoms with van der Waals surface area (Å²) in [6.45, 7) is 4.84. The highest BCUT2D eigenvalue weighted by molar-refractivity contribution is 7.89. The van der Waals surface area contributed by atoms with E-state index >= 15 is 0 Å². The smallest absolute Gasteiger partial charge is 0.210 e. The van der Waals surface area contributed by atoms with Crippen LogP contribution in [-0.4, -0.2) is 38.7 Å². The van der Waals surface area contributed by atoms with Gasteiger partial charge in [-0.1, -0.05) is 6.92 Å². The first-order valence-corrected chi connectivity index (χ1v) is 6.42. The Hall–Kier alpha value is -0.130. The predicted molar refractivity (Wildman–Crippen MR) is 52.8 cm³/mol. The number of hydrogen-bond acceptors (Lipinski definition) is 3. The van der Waals surface area contributed by atoms with Gasteiger partial charge in [0, 0.05) is 6.54 Å². The second-order valence-electron chi connectivity index (χ2n) is 3.89. The maximum absolute atomic E-state index is 10.7. The summed E-state index contributed by atoms with van der Waals surface area (Å²) in [7, 11) is -3.28. The van der Waals surface area contributed by atoms with E-state index in [-0.39, 0.29) is 5.75 Å². The van der Waals surface area contributed by atoms with Gasteiger partial charge in [0.2, 0.25) is 10.0 Å².